The van der Waals surface area contributed by atoms with Crippen LogP contribution in [0.5, 0.6) is 0 Å². The second-order valence-corrected chi connectivity index (χ2v) is 8.17. The molecule has 4 rings (SSSR count). The van der Waals surface area contributed by atoms with Crippen molar-refractivity contribution in [2.75, 3.05) is 13.1 Å². The number of carbonyl (C=O) groups excluding carboxylic acids is 1. The molecule has 3 aromatic rings. The van der Waals surface area contributed by atoms with Gasteiger partial charge in [-0.15, -0.1) is 0 Å². The van der Waals surface area contributed by atoms with Crippen LogP contribution in [-0.2, 0) is 11.8 Å². The molecule has 4 heterocycles. The Balaban J connectivity index is 1.93. The molecule has 1 saturated heterocycles. The average molecular weight is 408 g/mol. The summed E-state index contributed by atoms with van der Waals surface area (Å²) < 4.78 is 9.40. The third kappa shape index (κ3) is 3.49. The Kier molecular flexibility index (Phi) is 5.37. The van der Waals surface area contributed by atoms with E-state index < -0.39 is 0 Å². The van der Waals surface area contributed by atoms with E-state index in [-0.39, 0.29) is 12.1 Å². The molecule has 0 unspecified atom stereocenters. The van der Waals surface area contributed by atoms with E-state index in [9.17, 15) is 4.79 Å². The highest BCUT2D eigenvalue weighted by molar-refractivity contribution is 5.96. The number of aromatic nitrogens is 4. The summed E-state index contributed by atoms with van der Waals surface area (Å²) in [4.78, 5) is 19.7. The number of rotatable bonds is 5. The summed E-state index contributed by atoms with van der Waals surface area (Å²) in [6.07, 6.45) is 6.94. The molecule has 158 valence electrons. The van der Waals surface area contributed by atoms with Crippen LogP contribution in [-0.4, -0.2) is 49.2 Å². The molecule has 3 aromatic heterocycles. The van der Waals surface area contributed by atoms with E-state index in [2.05, 4.69) is 26.0 Å². The maximum Gasteiger partial charge on any atom is 0.338 e. The molecule has 7 heteroatoms. The van der Waals surface area contributed by atoms with E-state index >= 15 is 0 Å². The Morgan fingerprint density at radius 1 is 1.23 bits per heavy atom. The van der Waals surface area contributed by atoms with Crippen LogP contribution in [0.2, 0.25) is 0 Å². The predicted molar refractivity (Wildman–Crippen MR) is 117 cm³/mol. The lowest BCUT2D eigenvalue weighted by molar-refractivity contribution is 0.0377. The van der Waals surface area contributed by atoms with Crippen LogP contribution in [0.15, 0.2) is 31.2 Å². The Hall–Kier alpha value is -3.09. The Labute approximate surface area is 177 Å². The number of hydrogen-bond donors (Lipinski definition) is 0. The molecule has 0 bridgehead atoms. The van der Waals surface area contributed by atoms with Gasteiger partial charge in [0.2, 0.25) is 0 Å². The van der Waals surface area contributed by atoms with Crippen LogP contribution >= 0.6 is 0 Å². The van der Waals surface area contributed by atoms with Crippen molar-refractivity contribution < 1.29 is 9.53 Å². The summed E-state index contributed by atoms with van der Waals surface area (Å²) in [5.41, 5.74) is 5.13. The zero-order valence-corrected chi connectivity index (χ0v) is 18.2. The molecular formula is C23H29N5O2. The van der Waals surface area contributed by atoms with Gasteiger partial charge in [-0.1, -0.05) is 6.58 Å². The van der Waals surface area contributed by atoms with Gasteiger partial charge in [-0.25, -0.2) is 14.5 Å². The topological polar surface area (TPSA) is 64.7 Å². The van der Waals surface area contributed by atoms with Crippen LogP contribution in [0.1, 0.15) is 54.7 Å². The SMILES string of the molecule is C=C(c1c(C)c(C(=O)OC(C)C)cc2c(-c3ncnn3C)ccn12)N1CCCCC1. The van der Waals surface area contributed by atoms with E-state index in [0.717, 1.165) is 59.8 Å². The molecule has 0 saturated carbocycles. The quantitative estimate of drug-likeness (QED) is 0.597. The summed E-state index contributed by atoms with van der Waals surface area (Å²) in [5.74, 6) is 0.432. The highest BCUT2D eigenvalue weighted by Crippen LogP contribution is 2.33. The lowest BCUT2D eigenvalue weighted by Crippen LogP contribution is -2.29. The van der Waals surface area contributed by atoms with E-state index in [1.165, 1.54) is 12.7 Å². The van der Waals surface area contributed by atoms with Crippen molar-refractivity contribution in [3.63, 3.8) is 0 Å². The summed E-state index contributed by atoms with van der Waals surface area (Å²) >= 11 is 0. The van der Waals surface area contributed by atoms with Gasteiger partial charge in [-0.05, 0) is 57.7 Å². The van der Waals surface area contributed by atoms with Gasteiger partial charge < -0.3 is 14.0 Å². The van der Waals surface area contributed by atoms with Gasteiger partial charge in [0.25, 0.3) is 0 Å². The molecule has 1 fully saturated rings. The zero-order chi connectivity index (χ0) is 21.4. The van der Waals surface area contributed by atoms with Crippen molar-refractivity contribution in [2.24, 2.45) is 7.05 Å². The Morgan fingerprint density at radius 3 is 2.60 bits per heavy atom. The molecule has 0 atom stereocenters. The second-order valence-electron chi connectivity index (χ2n) is 8.17. The van der Waals surface area contributed by atoms with Crippen molar-refractivity contribution in [3.8, 4) is 11.4 Å². The molecular weight excluding hydrogens is 378 g/mol. The maximum absolute atomic E-state index is 12.9. The molecule has 1 aliphatic rings. The molecule has 0 aliphatic carbocycles. The first-order valence-electron chi connectivity index (χ1n) is 10.5. The highest BCUT2D eigenvalue weighted by Gasteiger charge is 2.24. The number of pyridine rings is 1. The fourth-order valence-corrected chi connectivity index (χ4v) is 4.23. The van der Waals surface area contributed by atoms with E-state index in [1.807, 2.05) is 46.1 Å². The summed E-state index contributed by atoms with van der Waals surface area (Å²) in [7, 11) is 1.86. The van der Waals surface area contributed by atoms with E-state index in [0.29, 0.717) is 5.56 Å². The van der Waals surface area contributed by atoms with E-state index in [4.69, 9.17) is 4.74 Å². The molecule has 7 nitrogen and oxygen atoms in total. The lowest BCUT2D eigenvalue weighted by Gasteiger charge is -2.32. The number of hydrogen-bond acceptors (Lipinski definition) is 5. The largest absolute Gasteiger partial charge is 0.459 e. The Morgan fingerprint density at radius 2 is 1.97 bits per heavy atom. The normalized spacial score (nSPS) is 14.5. The first-order chi connectivity index (χ1) is 14.4. The van der Waals surface area contributed by atoms with Gasteiger partial charge in [0.15, 0.2) is 5.82 Å². The van der Waals surface area contributed by atoms with Gasteiger partial charge in [-0.3, -0.25) is 0 Å². The number of piperidine rings is 1. The molecule has 0 aromatic carbocycles. The standard InChI is InChI=1S/C23H29N5O2/c1-15(2)30-23(29)19-13-20-18(22-24-14-25-26(22)5)9-12-28(20)21(16(19)3)17(4)27-10-7-6-8-11-27/h9,12-15H,4,6-8,10-11H2,1-3,5H3. The number of likely N-dealkylation sites (tertiary alicyclic amines) is 1. The van der Waals surface area contributed by atoms with Crippen molar-refractivity contribution in [3.05, 3.63) is 48.1 Å². The molecule has 0 amide bonds. The summed E-state index contributed by atoms with van der Waals surface area (Å²) in [6.45, 7) is 12.1. The van der Waals surface area contributed by atoms with Crippen LogP contribution in [0.4, 0.5) is 0 Å². The molecule has 0 N–H and O–H groups in total. The van der Waals surface area contributed by atoms with Gasteiger partial charge in [-0.2, -0.15) is 5.10 Å². The average Bonchev–Trinajstić information content (AvgIpc) is 3.32. The third-order valence-corrected chi connectivity index (χ3v) is 5.73. The van der Waals surface area contributed by atoms with Crippen molar-refractivity contribution in [1.82, 2.24) is 24.1 Å². The van der Waals surface area contributed by atoms with Crippen LogP contribution in [0.3, 0.4) is 0 Å². The third-order valence-electron chi connectivity index (χ3n) is 5.73. The Bertz CT molecular complexity index is 1100. The van der Waals surface area contributed by atoms with Crippen LogP contribution < -0.4 is 0 Å². The fourth-order valence-electron chi connectivity index (χ4n) is 4.23. The monoisotopic (exact) mass is 407 g/mol. The van der Waals surface area contributed by atoms with Crippen molar-refractivity contribution >= 4 is 17.2 Å². The summed E-state index contributed by atoms with van der Waals surface area (Å²) in [6, 6.07) is 3.92. The second kappa shape index (κ2) is 7.97. The number of fused-ring (bicyclic) bond motifs is 1. The number of ether oxygens (including phenoxy) is 1. The number of esters is 1. The zero-order valence-electron chi connectivity index (χ0n) is 18.2. The molecule has 0 spiro atoms. The minimum Gasteiger partial charge on any atom is -0.459 e. The highest BCUT2D eigenvalue weighted by atomic mass is 16.5. The van der Waals surface area contributed by atoms with Gasteiger partial charge >= 0.3 is 5.97 Å². The summed E-state index contributed by atoms with van der Waals surface area (Å²) in [5, 5.41) is 4.20. The molecule has 0 radical (unpaired) electrons. The van der Waals surface area contributed by atoms with Crippen molar-refractivity contribution in [1.29, 1.82) is 0 Å². The molecule has 30 heavy (non-hydrogen) atoms. The smallest absolute Gasteiger partial charge is 0.338 e. The minimum atomic E-state index is -0.317. The number of nitrogens with zero attached hydrogens (tertiary/aromatic N) is 5. The maximum atomic E-state index is 12.9. The fraction of sp³-hybridized carbons (Fsp3) is 0.435. The predicted octanol–water partition coefficient (Wildman–Crippen LogP) is 4.07. The van der Waals surface area contributed by atoms with Crippen molar-refractivity contribution in [2.45, 2.75) is 46.1 Å². The van der Waals surface area contributed by atoms with Gasteiger partial charge in [0.1, 0.15) is 6.33 Å². The number of carbonyl (C=O) groups is 1. The van der Waals surface area contributed by atoms with Gasteiger partial charge in [0.05, 0.1) is 28.6 Å². The van der Waals surface area contributed by atoms with E-state index in [1.54, 1.807) is 4.68 Å². The molecule has 1 aliphatic heterocycles. The first-order valence-corrected chi connectivity index (χ1v) is 10.5. The lowest BCUT2D eigenvalue weighted by atomic mass is 10.0. The van der Waals surface area contributed by atoms with Gasteiger partial charge in [0, 0.05) is 31.9 Å². The number of aryl methyl sites for hydroxylation is 1. The minimum absolute atomic E-state index is 0.188. The van der Waals surface area contributed by atoms with Crippen LogP contribution in [0, 0.1) is 6.92 Å². The van der Waals surface area contributed by atoms with Crippen LogP contribution in [0.25, 0.3) is 22.6 Å². The first kappa shape index (κ1) is 20.2.